The summed E-state index contributed by atoms with van der Waals surface area (Å²) in [5.41, 5.74) is 4.60. The van der Waals surface area contributed by atoms with E-state index in [-0.39, 0.29) is 18.0 Å². The molecule has 1 saturated heterocycles. The number of carbonyl (C=O) groups is 2. The molecule has 2 heterocycles. The molecule has 0 aromatic heterocycles. The Morgan fingerprint density at radius 3 is 2.25 bits per heavy atom. The van der Waals surface area contributed by atoms with Crippen LogP contribution in [0, 0.1) is 6.92 Å². The number of hydrogen-bond acceptors (Lipinski definition) is 2. The molecule has 2 aliphatic rings. The number of benzene rings is 3. The van der Waals surface area contributed by atoms with Crippen LogP contribution < -0.4 is 4.90 Å². The van der Waals surface area contributed by atoms with E-state index in [4.69, 9.17) is 0 Å². The minimum absolute atomic E-state index is 0.0273. The largest absolute Gasteiger partial charge is 0.301 e. The van der Waals surface area contributed by atoms with Gasteiger partial charge in [0, 0.05) is 23.2 Å². The highest BCUT2D eigenvalue weighted by Crippen LogP contribution is 2.45. The van der Waals surface area contributed by atoms with Crippen LogP contribution >= 0.6 is 0 Å². The fourth-order valence-electron chi connectivity index (χ4n) is 4.29. The number of hydrogen-bond donors (Lipinski definition) is 0. The molecule has 0 aliphatic carbocycles. The first kappa shape index (κ1) is 16.8. The van der Waals surface area contributed by atoms with Crippen LogP contribution in [0.1, 0.15) is 33.2 Å². The van der Waals surface area contributed by atoms with Crippen LogP contribution in [-0.2, 0) is 11.2 Å². The van der Waals surface area contributed by atoms with Gasteiger partial charge in [0.1, 0.15) is 12.2 Å². The molecule has 0 N–H and O–H groups in total. The minimum Gasteiger partial charge on any atom is -0.301 e. The van der Waals surface area contributed by atoms with Gasteiger partial charge in [-0.05, 0) is 30.7 Å². The van der Waals surface area contributed by atoms with Gasteiger partial charge in [-0.1, -0.05) is 66.2 Å². The standard InChI is InChI=1S/C24H20N2O2/c1-16-11-13-18(14-12-16)25-22-19-9-5-6-10-20(19)23(27)26(22)21(24(25)28)15-17-7-3-2-4-8-17/h2-14,21-22H,15H2,1H3/t21-,22-/m0/s1. The molecular weight excluding hydrogens is 348 g/mol. The van der Waals surface area contributed by atoms with Gasteiger partial charge in [-0.3, -0.25) is 14.5 Å². The topological polar surface area (TPSA) is 40.6 Å². The van der Waals surface area contributed by atoms with Crippen LogP contribution in [0.2, 0.25) is 0 Å². The highest BCUT2D eigenvalue weighted by molar-refractivity contribution is 6.10. The Hall–Kier alpha value is -3.40. The average Bonchev–Trinajstić information content (AvgIpc) is 3.17. The van der Waals surface area contributed by atoms with Gasteiger partial charge >= 0.3 is 0 Å². The average molecular weight is 368 g/mol. The lowest BCUT2D eigenvalue weighted by molar-refractivity contribution is -0.119. The number of aryl methyl sites for hydroxylation is 1. The van der Waals surface area contributed by atoms with E-state index in [1.807, 2.05) is 85.8 Å². The molecule has 2 atom stereocenters. The zero-order chi connectivity index (χ0) is 19.3. The summed E-state index contributed by atoms with van der Waals surface area (Å²) in [7, 11) is 0. The molecular formula is C24H20N2O2. The van der Waals surface area contributed by atoms with Crippen LogP contribution in [-0.4, -0.2) is 22.8 Å². The van der Waals surface area contributed by atoms with Crippen LogP contribution in [0.5, 0.6) is 0 Å². The maximum Gasteiger partial charge on any atom is 0.256 e. The Labute approximate surface area is 164 Å². The molecule has 0 saturated carbocycles. The van der Waals surface area contributed by atoms with Crippen molar-refractivity contribution in [2.45, 2.75) is 25.6 Å². The van der Waals surface area contributed by atoms with Gasteiger partial charge in [0.05, 0.1) is 0 Å². The van der Waals surface area contributed by atoms with E-state index >= 15 is 0 Å². The van der Waals surface area contributed by atoms with E-state index in [1.165, 1.54) is 0 Å². The molecule has 0 spiro atoms. The number of nitrogens with zero attached hydrogens (tertiary/aromatic N) is 2. The zero-order valence-electron chi connectivity index (χ0n) is 15.6. The fourth-order valence-corrected chi connectivity index (χ4v) is 4.29. The molecule has 0 unspecified atom stereocenters. The summed E-state index contributed by atoms with van der Waals surface area (Å²) < 4.78 is 0. The smallest absolute Gasteiger partial charge is 0.256 e. The first-order valence-corrected chi connectivity index (χ1v) is 9.50. The lowest BCUT2D eigenvalue weighted by atomic mass is 10.0. The second-order valence-electron chi connectivity index (χ2n) is 7.42. The highest BCUT2D eigenvalue weighted by atomic mass is 16.2. The second-order valence-corrected chi connectivity index (χ2v) is 7.42. The van der Waals surface area contributed by atoms with Crippen molar-refractivity contribution in [1.29, 1.82) is 0 Å². The van der Waals surface area contributed by atoms with Gasteiger partial charge in [0.15, 0.2) is 0 Å². The predicted molar refractivity (Wildman–Crippen MR) is 108 cm³/mol. The SMILES string of the molecule is Cc1ccc(N2C(=O)[C@H](Cc3ccccc3)N3C(=O)c4ccccc4[C@@H]23)cc1. The molecule has 4 heteroatoms. The summed E-state index contributed by atoms with van der Waals surface area (Å²) in [6, 6.07) is 24.9. The van der Waals surface area contributed by atoms with Gasteiger partial charge in [0.2, 0.25) is 0 Å². The maximum absolute atomic E-state index is 13.5. The molecule has 3 aromatic carbocycles. The molecule has 5 rings (SSSR count). The minimum atomic E-state index is -0.506. The molecule has 1 fully saturated rings. The third kappa shape index (κ3) is 2.45. The number of amides is 2. The van der Waals surface area contributed by atoms with E-state index in [1.54, 1.807) is 9.80 Å². The first-order chi connectivity index (χ1) is 13.6. The quantitative estimate of drug-likeness (QED) is 0.698. The van der Waals surface area contributed by atoms with Gasteiger partial charge < -0.3 is 4.90 Å². The Balaban J connectivity index is 1.62. The van der Waals surface area contributed by atoms with Crippen molar-refractivity contribution < 1.29 is 9.59 Å². The Morgan fingerprint density at radius 2 is 1.50 bits per heavy atom. The predicted octanol–water partition coefficient (Wildman–Crippen LogP) is 4.11. The molecule has 2 amide bonds. The van der Waals surface area contributed by atoms with Crippen LogP contribution in [0.25, 0.3) is 0 Å². The maximum atomic E-state index is 13.5. The molecule has 4 nitrogen and oxygen atoms in total. The number of rotatable bonds is 3. The summed E-state index contributed by atoms with van der Waals surface area (Å²) in [4.78, 5) is 30.3. The Kier molecular flexibility index (Phi) is 3.79. The zero-order valence-corrected chi connectivity index (χ0v) is 15.6. The summed E-state index contributed by atoms with van der Waals surface area (Å²) in [5.74, 6) is -0.0925. The van der Waals surface area contributed by atoms with Crippen LogP contribution in [0.4, 0.5) is 5.69 Å². The summed E-state index contributed by atoms with van der Waals surface area (Å²) >= 11 is 0. The number of anilines is 1. The third-order valence-corrected chi connectivity index (χ3v) is 5.65. The van der Waals surface area contributed by atoms with Crippen LogP contribution in [0.15, 0.2) is 78.9 Å². The monoisotopic (exact) mass is 368 g/mol. The Bertz CT molecular complexity index is 1060. The van der Waals surface area contributed by atoms with Gasteiger partial charge in [-0.2, -0.15) is 0 Å². The summed E-state index contributed by atoms with van der Waals surface area (Å²) in [6.45, 7) is 2.02. The van der Waals surface area contributed by atoms with Gasteiger partial charge in [0.25, 0.3) is 11.8 Å². The van der Waals surface area contributed by atoms with Crippen molar-refractivity contribution >= 4 is 17.5 Å². The van der Waals surface area contributed by atoms with Crippen LogP contribution in [0.3, 0.4) is 0 Å². The van der Waals surface area contributed by atoms with E-state index in [2.05, 4.69) is 0 Å². The van der Waals surface area contributed by atoms with Crippen molar-refractivity contribution in [3.05, 3.63) is 101 Å². The molecule has 0 radical (unpaired) electrons. The normalized spacial score (nSPS) is 20.5. The van der Waals surface area contributed by atoms with Gasteiger partial charge in [-0.15, -0.1) is 0 Å². The van der Waals surface area contributed by atoms with Crippen molar-refractivity contribution in [3.8, 4) is 0 Å². The lowest BCUT2D eigenvalue weighted by Gasteiger charge is -2.25. The second kappa shape index (κ2) is 6.34. The number of fused-ring (bicyclic) bond motifs is 3. The van der Waals surface area contributed by atoms with E-state index in [9.17, 15) is 9.59 Å². The fraction of sp³-hybridized carbons (Fsp3) is 0.167. The molecule has 0 bridgehead atoms. The molecule has 138 valence electrons. The lowest BCUT2D eigenvalue weighted by Crippen LogP contribution is -2.37. The van der Waals surface area contributed by atoms with Crippen molar-refractivity contribution in [2.24, 2.45) is 0 Å². The van der Waals surface area contributed by atoms with E-state index in [0.29, 0.717) is 12.0 Å². The summed E-state index contributed by atoms with van der Waals surface area (Å²) in [5, 5.41) is 0. The molecule has 3 aromatic rings. The van der Waals surface area contributed by atoms with Crippen molar-refractivity contribution in [3.63, 3.8) is 0 Å². The molecule has 28 heavy (non-hydrogen) atoms. The van der Waals surface area contributed by atoms with E-state index < -0.39 is 6.04 Å². The summed E-state index contributed by atoms with van der Waals surface area (Å²) in [6.07, 6.45) is 0.130. The van der Waals surface area contributed by atoms with Crippen molar-refractivity contribution in [1.82, 2.24) is 4.90 Å². The van der Waals surface area contributed by atoms with E-state index in [0.717, 1.165) is 22.4 Å². The number of carbonyl (C=O) groups excluding carboxylic acids is 2. The Morgan fingerprint density at radius 1 is 0.821 bits per heavy atom. The first-order valence-electron chi connectivity index (χ1n) is 9.50. The van der Waals surface area contributed by atoms with Crippen molar-refractivity contribution in [2.75, 3.05) is 4.90 Å². The van der Waals surface area contributed by atoms with Gasteiger partial charge in [-0.25, -0.2) is 0 Å². The molecule has 2 aliphatic heterocycles. The highest BCUT2D eigenvalue weighted by Gasteiger charge is 2.54. The third-order valence-electron chi connectivity index (χ3n) is 5.65.